The number of hydrogen-bond donors (Lipinski definition) is 1. The quantitative estimate of drug-likeness (QED) is 0.855. The van der Waals surface area contributed by atoms with Gasteiger partial charge in [-0.1, -0.05) is 18.9 Å². The Hall–Kier alpha value is -1.64. The van der Waals surface area contributed by atoms with E-state index in [-0.39, 0.29) is 11.7 Å². The number of rotatable bonds is 3. The van der Waals surface area contributed by atoms with E-state index in [1.807, 2.05) is 32.9 Å². The summed E-state index contributed by atoms with van der Waals surface area (Å²) in [6, 6.07) is 3.93. The maximum Gasteiger partial charge on any atom is 0.307 e. The van der Waals surface area contributed by atoms with E-state index in [1.54, 1.807) is 0 Å². The summed E-state index contributed by atoms with van der Waals surface area (Å²) in [5, 5.41) is 9.32. The van der Waals surface area contributed by atoms with E-state index < -0.39 is 11.9 Å². The van der Waals surface area contributed by atoms with Crippen LogP contribution in [0, 0.1) is 32.6 Å². The number of carboxylic acids is 1. The van der Waals surface area contributed by atoms with Gasteiger partial charge in [-0.3, -0.25) is 9.59 Å². The average molecular weight is 274 g/mol. The van der Waals surface area contributed by atoms with E-state index in [2.05, 4.69) is 0 Å². The van der Waals surface area contributed by atoms with Crippen LogP contribution >= 0.6 is 0 Å². The molecule has 108 valence electrons. The van der Waals surface area contributed by atoms with Crippen LogP contribution < -0.4 is 0 Å². The van der Waals surface area contributed by atoms with Crippen molar-refractivity contribution in [3.63, 3.8) is 0 Å². The minimum Gasteiger partial charge on any atom is -0.481 e. The first-order valence-corrected chi connectivity index (χ1v) is 7.26. The molecule has 1 saturated carbocycles. The van der Waals surface area contributed by atoms with E-state index in [1.165, 1.54) is 0 Å². The van der Waals surface area contributed by atoms with Crippen molar-refractivity contribution in [1.82, 2.24) is 0 Å². The molecule has 1 aliphatic rings. The molecule has 1 N–H and O–H groups in total. The molecule has 1 fully saturated rings. The molecular weight excluding hydrogens is 252 g/mol. The maximum atomic E-state index is 12.7. The van der Waals surface area contributed by atoms with Crippen LogP contribution in [0.2, 0.25) is 0 Å². The summed E-state index contributed by atoms with van der Waals surface area (Å²) in [7, 11) is 0. The molecular formula is C17H22O3. The van der Waals surface area contributed by atoms with Crippen LogP contribution in [0.3, 0.4) is 0 Å². The summed E-state index contributed by atoms with van der Waals surface area (Å²) in [6.45, 7) is 5.94. The van der Waals surface area contributed by atoms with Crippen molar-refractivity contribution in [3.8, 4) is 0 Å². The molecule has 2 unspecified atom stereocenters. The van der Waals surface area contributed by atoms with Crippen LogP contribution in [0.5, 0.6) is 0 Å². The van der Waals surface area contributed by atoms with Crippen LogP contribution in [0.15, 0.2) is 12.1 Å². The molecule has 0 spiro atoms. The highest BCUT2D eigenvalue weighted by Crippen LogP contribution is 2.33. The third-order valence-corrected chi connectivity index (χ3v) is 4.53. The summed E-state index contributed by atoms with van der Waals surface area (Å²) in [5.74, 6) is -1.69. The summed E-state index contributed by atoms with van der Waals surface area (Å²) >= 11 is 0. The fourth-order valence-electron chi connectivity index (χ4n) is 3.17. The number of carbonyl (C=O) groups excluding carboxylic acids is 1. The van der Waals surface area contributed by atoms with Gasteiger partial charge in [0.1, 0.15) is 0 Å². The highest BCUT2D eigenvalue weighted by molar-refractivity contribution is 6.01. The number of carbonyl (C=O) groups is 2. The van der Waals surface area contributed by atoms with E-state index in [0.717, 1.165) is 29.5 Å². The second-order valence-electron chi connectivity index (χ2n) is 5.95. The standard InChI is InChI=1S/C17H22O3/c1-10-8-12(3)15(9-11(10)2)16(18)13-6-4-5-7-14(13)17(19)20/h8-9,13-14H,4-7H2,1-3H3,(H,19,20). The van der Waals surface area contributed by atoms with Crippen LogP contribution in [-0.2, 0) is 4.79 Å². The molecule has 20 heavy (non-hydrogen) atoms. The predicted molar refractivity (Wildman–Crippen MR) is 78.1 cm³/mol. The van der Waals surface area contributed by atoms with E-state index in [0.29, 0.717) is 18.4 Å². The molecule has 1 aromatic carbocycles. The van der Waals surface area contributed by atoms with Gasteiger partial charge in [0.15, 0.2) is 5.78 Å². The lowest BCUT2D eigenvalue weighted by Gasteiger charge is -2.28. The normalized spacial score (nSPS) is 22.6. The number of Topliss-reactive ketones (excluding diaryl/α,β-unsaturated/α-hetero) is 1. The van der Waals surface area contributed by atoms with Gasteiger partial charge in [0.05, 0.1) is 5.92 Å². The molecule has 0 bridgehead atoms. The van der Waals surface area contributed by atoms with Crippen molar-refractivity contribution in [1.29, 1.82) is 0 Å². The molecule has 0 radical (unpaired) electrons. The fourth-order valence-corrected chi connectivity index (χ4v) is 3.17. The minimum absolute atomic E-state index is 0.0118. The van der Waals surface area contributed by atoms with Gasteiger partial charge in [-0.05, 0) is 56.4 Å². The topological polar surface area (TPSA) is 54.4 Å². The highest BCUT2D eigenvalue weighted by atomic mass is 16.4. The largest absolute Gasteiger partial charge is 0.481 e. The molecule has 2 atom stereocenters. The Morgan fingerprint density at radius 2 is 1.50 bits per heavy atom. The minimum atomic E-state index is -0.829. The molecule has 0 aliphatic heterocycles. The molecule has 0 heterocycles. The zero-order chi connectivity index (χ0) is 14.9. The van der Waals surface area contributed by atoms with Gasteiger partial charge in [-0.25, -0.2) is 0 Å². The molecule has 3 nitrogen and oxygen atoms in total. The Morgan fingerprint density at radius 3 is 2.10 bits per heavy atom. The lowest BCUT2D eigenvalue weighted by atomic mass is 9.74. The first-order valence-electron chi connectivity index (χ1n) is 7.26. The van der Waals surface area contributed by atoms with Crippen LogP contribution in [-0.4, -0.2) is 16.9 Å². The summed E-state index contributed by atoms with van der Waals surface area (Å²) < 4.78 is 0. The lowest BCUT2D eigenvalue weighted by Crippen LogP contribution is -2.33. The van der Waals surface area contributed by atoms with Gasteiger partial charge in [-0.15, -0.1) is 0 Å². The van der Waals surface area contributed by atoms with Gasteiger partial charge in [-0.2, -0.15) is 0 Å². The summed E-state index contributed by atoms with van der Waals surface area (Å²) in [4.78, 5) is 24.1. The monoisotopic (exact) mass is 274 g/mol. The van der Waals surface area contributed by atoms with E-state index in [4.69, 9.17) is 0 Å². The molecule has 0 amide bonds. The number of aliphatic carboxylic acids is 1. The van der Waals surface area contributed by atoms with Crippen molar-refractivity contribution in [2.75, 3.05) is 0 Å². The molecule has 0 saturated heterocycles. The Balaban J connectivity index is 2.34. The second-order valence-corrected chi connectivity index (χ2v) is 5.95. The lowest BCUT2D eigenvalue weighted by molar-refractivity contribution is -0.144. The highest BCUT2D eigenvalue weighted by Gasteiger charge is 2.36. The van der Waals surface area contributed by atoms with Crippen molar-refractivity contribution in [2.45, 2.75) is 46.5 Å². The zero-order valence-electron chi connectivity index (χ0n) is 12.4. The second kappa shape index (κ2) is 5.78. The average Bonchev–Trinajstić information content (AvgIpc) is 2.42. The number of ketones is 1. The van der Waals surface area contributed by atoms with Gasteiger partial charge in [0.2, 0.25) is 0 Å². The summed E-state index contributed by atoms with van der Waals surface area (Å²) in [5.41, 5.74) is 3.90. The van der Waals surface area contributed by atoms with Gasteiger partial charge in [0.25, 0.3) is 0 Å². The third kappa shape index (κ3) is 2.77. The van der Waals surface area contributed by atoms with Crippen LogP contribution in [0.4, 0.5) is 0 Å². The number of benzene rings is 1. The van der Waals surface area contributed by atoms with Crippen molar-refractivity contribution in [2.24, 2.45) is 11.8 Å². The SMILES string of the molecule is Cc1cc(C)c(C(=O)C2CCCCC2C(=O)O)cc1C. The van der Waals surface area contributed by atoms with E-state index in [9.17, 15) is 14.7 Å². The van der Waals surface area contributed by atoms with Crippen LogP contribution in [0.25, 0.3) is 0 Å². The van der Waals surface area contributed by atoms with Crippen molar-refractivity contribution >= 4 is 11.8 Å². The molecule has 1 aliphatic carbocycles. The number of hydrogen-bond acceptors (Lipinski definition) is 2. The smallest absolute Gasteiger partial charge is 0.307 e. The van der Waals surface area contributed by atoms with Crippen molar-refractivity contribution in [3.05, 3.63) is 34.4 Å². The molecule has 2 rings (SSSR count). The first kappa shape index (κ1) is 14.8. The van der Waals surface area contributed by atoms with Crippen molar-refractivity contribution < 1.29 is 14.7 Å². The third-order valence-electron chi connectivity index (χ3n) is 4.53. The van der Waals surface area contributed by atoms with E-state index >= 15 is 0 Å². The van der Waals surface area contributed by atoms with Gasteiger partial charge >= 0.3 is 5.97 Å². The zero-order valence-corrected chi connectivity index (χ0v) is 12.4. The van der Waals surface area contributed by atoms with Gasteiger partial charge in [0, 0.05) is 11.5 Å². The fraction of sp³-hybridized carbons (Fsp3) is 0.529. The molecule has 0 aromatic heterocycles. The maximum absolute atomic E-state index is 12.7. The Labute approximate surface area is 120 Å². The number of carboxylic acid groups (broad SMARTS) is 1. The first-order chi connectivity index (χ1) is 9.41. The predicted octanol–water partition coefficient (Wildman–Crippen LogP) is 3.69. The molecule has 1 aromatic rings. The number of aryl methyl sites for hydroxylation is 3. The Bertz CT molecular complexity index is 545. The van der Waals surface area contributed by atoms with Gasteiger partial charge < -0.3 is 5.11 Å². The summed E-state index contributed by atoms with van der Waals surface area (Å²) in [6.07, 6.45) is 3.18. The molecule has 3 heteroatoms. The Kier molecular flexibility index (Phi) is 4.26. The van der Waals surface area contributed by atoms with Crippen LogP contribution in [0.1, 0.15) is 52.7 Å². The Morgan fingerprint density at radius 1 is 0.950 bits per heavy atom.